The Balaban J connectivity index is 2.00. The van der Waals surface area contributed by atoms with Gasteiger partial charge >= 0.3 is 0 Å². The lowest BCUT2D eigenvalue weighted by Gasteiger charge is -2.37. The van der Waals surface area contributed by atoms with Crippen LogP contribution in [0.5, 0.6) is 0 Å². The van der Waals surface area contributed by atoms with Crippen LogP contribution in [0.25, 0.3) is 0 Å². The second kappa shape index (κ2) is 4.81. The average Bonchev–Trinajstić information content (AvgIpc) is 2.40. The molecule has 17 heavy (non-hydrogen) atoms. The Labute approximate surface area is 100 Å². The molecule has 1 aromatic heterocycles. The van der Waals surface area contributed by atoms with Gasteiger partial charge < -0.3 is 15.7 Å². The number of amides is 1. The fourth-order valence-corrected chi connectivity index (χ4v) is 2.00. The third-order valence-electron chi connectivity index (χ3n) is 3.27. The Morgan fingerprint density at radius 2 is 2.24 bits per heavy atom. The minimum atomic E-state index is -0.800. The lowest BCUT2D eigenvalue weighted by Crippen LogP contribution is -2.50. The number of nitrogens with zero attached hydrogens (tertiary/aromatic N) is 2. The fraction of sp³-hybridized carbons (Fsp3) is 0.500. The van der Waals surface area contributed by atoms with Gasteiger partial charge in [0, 0.05) is 32.0 Å². The molecule has 1 aromatic rings. The molecule has 0 aromatic carbocycles. The van der Waals surface area contributed by atoms with Crippen LogP contribution in [0.2, 0.25) is 0 Å². The number of carbonyl (C=O) groups is 1. The largest absolute Gasteiger partial charge is 0.388 e. The van der Waals surface area contributed by atoms with Crippen molar-refractivity contribution in [2.24, 2.45) is 5.73 Å². The van der Waals surface area contributed by atoms with Crippen LogP contribution in [-0.4, -0.2) is 46.1 Å². The number of aromatic nitrogens is 1. The van der Waals surface area contributed by atoms with Crippen LogP contribution >= 0.6 is 0 Å². The van der Waals surface area contributed by atoms with Crippen molar-refractivity contribution >= 4 is 5.91 Å². The summed E-state index contributed by atoms with van der Waals surface area (Å²) >= 11 is 0. The molecule has 0 unspecified atom stereocenters. The SMILES string of the molecule is NCC1(O)CCN(C(=O)c2cccnc2)CC1. The van der Waals surface area contributed by atoms with E-state index in [9.17, 15) is 9.90 Å². The molecule has 0 bridgehead atoms. The fourth-order valence-electron chi connectivity index (χ4n) is 2.00. The van der Waals surface area contributed by atoms with Gasteiger partial charge in [-0.1, -0.05) is 0 Å². The van der Waals surface area contributed by atoms with E-state index >= 15 is 0 Å². The molecule has 0 atom stereocenters. The standard InChI is InChI=1S/C12H17N3O2/c13-9-12(17)3-6-15(7-4-12)11(16)10-2-1-5-14-8-10/h1-2,5,8,17H,3-4,6-7,9,13H2. The van der Waals surface area contributed by atoms with E-state index in [1.165, 1.54) is 0 Å². The van der Waals surface area contributed by atoms with Gasteiger partial charge in [0.15, 0.2) is 0 Å². The Bertz CT molecular complexity index is 386. The first-order valence-electron chi connectivity index (χ1n) is 5.76. The molecule has 5 nitrogen and oxygen atoms in total. The topological polar surface area (TPSA) is 79.5 Å². The maximum atomic E-state index is 12.1. The van der Waals surface area contributed by atoms with Gasteiger partial charge in [0.2, 0.25) is 0 Å². The second-order valence-electron chi connectivity index (χ2n) is 4.46. The summed E-state index contributed by atoms with van der Waals surface area (Å²) in [5, 5.41) is 9.97. The number of carbonyl (C=O) groups excluding carboxylic acids is 1. The van der Waals surface area contributed by atoms with Crippen molar-refractivity contribution in [2.45, 2.75) is 18.4 Å². The first-order chi connectivity index (χ1) is 8.14. The van der Waals surface area contributed by atoms with E-state index in [-0.39, 0.29) is 12.5 Å². The summed E-state index contributed by atoms with van der Waals surface area (Å²) in [4.78, 5) is 17.7. The van der Waals surface area contributed by atoms with Crippen molar-refractivity contribution in [1.29, 1.82) is 0 Å². The number of hydrogen-bond acceptors (Lipinski definition) is 4. The van der Waals surface area contributed by atoms with Gasteiger partial charge in [-0.2, -0.15) is 0 Å². The Kier molecular flexibility index (Phi) is 3.40. The van der Waals surface area contributed by atoms with E-state index in [0.29, 0.717) is 31.5 Å². The normalized spacial score (nSPS) is 19.1. The predicted molar refractivity (Wildman–Crippen MR) is 63.4 cm³/mol. The third-order valence-corrected chi connectivity index (χ3v) is 3.27. The Morgan fingerprint density at radius 3 is 2.76 bits per heavy atom. The van der Waals surface area contributed by atoms with Crippen LogP contribution in [0.4, 0.5) is 0 Å². The second-order valence-corrected chi connectivity index (χ2v) is 4.46. The number of aliphatic hydroxyl groups is 1. The number of rotatable bonds is 2. The van der Waals surface area contributed by atoms with Gasteiger partial charge in [0.25, 0.3) is 5.91 Å². The zero-order valence-electron chi connectivity index (χ0n) is 9.67. The van der Waals surface area contributed by atoms with Crippen molar-refractivity contribution < 1.29 is 9.90 Å². The summed E-state index contributed by atoms with van der Waals surface area (Å²) in [6, 6.07) is 3.49. The van der Waals surface area contributed by atoms with Crippen LogP contribution in [0.15, 0.2) is 24.5 Å². The van der Waals surface area contributed by atoms with Crippen LogP contribution < -0.4 is 5.73 Å². The molecule has 0 spiro atoms. The van der Waals surface area contributed by atoms with Gasteiger partial charge in [-0.3, -0.25) is 9.78 Å². The van der Waals surface area contributed by atoms with Crippen molar-refractivity contribution in [3.8, 4) is 0 Å². The van der Waals surface area contributed by atoms with Gasteiger partial charge in [0.05, 0.1) is 11.2 Å². The summed E-state index contributed by atoms with van der Waals surface area (Å²) in [6.07, 6.45) is 4.28. The molecule has 2 rings (SSSR count). The van der Waals surface area contributed by atoms with Gasteiger partial charge in [-0.05, 0) is 25.0 Å². The predicted octanol–water partition coefficient (Wildman–Crippen LogP) is 0.00740. The van der Waals surface area contributed by atoms with Crippen LogP contribution in [0.3, 0.4) is 0 Å². The Hall–Kier alpha value is -1.46. The zero-order valence-corrected chi connectivity index (χ0v) is 9.67. The third kappa shape index (κ3) is 2.62. The minimum absolute atomic E-state index is 0.0304. The molecular weight excluding hydrogens is 218 g/mol. The van der Waals surface area contributed by atoms with Gasteiger partial charge in [-0.15, -0.1) is 0 Å². The maximum Gasteiger partial charge on any atom is 0.255 e. The summed E-state index contributed by atoms with van der Waals surface area (Å²) in [7, 11) is 0. The summed E-state index contributed by atoms with van der Waals surface area (Å²) < 4.78 is 0. The maximum absolute atomic E-state index is 12.1. The first kappa shape index (κ1) is 12.0. The quantitative estimate of drug-likeness (QED) is 0.756. The highest BCUT2D eigenvalue weighted by molar-refractivity contribution is 5.93. The van der Waals surface area contributed by atoms with E-state index < -0.39 is 5.60 Å². The van der Waals surface area contributed by atoms with E-state index in [1.54, 1.807) is 29.4 Å². The van der Waals surface area contributed by atoms with E-state index in [1.807, 2.05) is 0 Å². The molecule has 0 radical (unpaired) electrons. The smallest absolute Gasteiger partial charge is 0.255 e. The lowest BCUT2D eigenvalue weighted by atomic mass is 9.91. The van der Waals surface area contributed by atoms with Crippen LogP contribution in [-0.2, 0) is 0 Å². The molecule has 1 aliphatic heterocycles. The van der Waals surface area contributed by atoms with Crippen molar-refractivity contribution in [1.82, 2.24) is 9.88 Å². The van der Waals surface area contributed by atoms with E-state index in [0.717, 1.165) is 0 Å². The first-order valence-corrected chi connectivity index (χ1v) is 5.76. The molecule has 0 aliphatic carbocycles. The monoisotopic (exact) mass is 235 g/mol. The highest BCUT2D eigenvalue weighted by Crippen LogP contribution is 2.21. The molecule has 1 saturated heterocycles. The lowest BCUT2D eigenvalue weighted by molar-refractivity contribution is -0.00952. The zero-order chi connectivity index (χ0) is 12.3. The highest BCUT2D eigenvalue weighted by Gasteiger charge is 2.32. The van der Waals surface area contributed by atoms with Crippen molar-refractivity contribution in [3.63, 3.8) is 0 Å². The molecule has 2 heterocycles. The molecule has 0 saturated carbocycles. The molecule has 1 amide bonds. The Morgan fingerprint density at radius 1 is 1.53 bits per heavy atom. The summed E-state index contributed by atoms with van der Waals surface area (Å²) in [5.41, 5.74) is 5.30. The minimum Gasteiger partial charge on any atom is -0.388 e. The highest BCUT2D eigenvalue weighted by atomic mass is 16.3. The van der Waals surface area contributed by atoms with Crippen LogP contribution in [0, 0.1) is 0 Å². The number of piperidine rings is 1. The number of nitrogens with two attached hydrogens (primary N) is 1. The molecule has 92 valence electrons. The summed E-state index contributed by atoms with van der Waals surface area (Å²) in [6.45, 7) is 1.34. The van der Waals surface area contributed by atoms with Crippen LogP contribution in [0.1, 0.15) is 23.2 Å². The molecular formula is C12H17N3O2. The molecule has 3 N–H and O–H groups in total. The van der Waals surface area contributed by atoms with Crippen molar-refractivity contribution in [2.75, 3.05) is 19.6 Å². The molecule has 1 fully saturated rings. The van der Waals surface area contributed by atoms with Gasteiger partial charge in [-0.25, -0.2) is 0 Å². The average molecular weight is 235 g/mol. The van der Waals surface area contributed by atoms with Crippen molar-refractivity contribution in [3.05, 3.63) is 30.1 Å². The number of hydrogen-bond donors (Lipinski definition) is 2. The van der Waals surface area contributed by atoms with E-state index in [4.69, 9.17) is 5.73 Å². The molecule has 5 heteroatoms. The summed E-state index contributed by atoms with van der Waals surface area (Å²) in [5.74, 6) is -0.0304. The van der Waals surface area contributed by atoms with Gasteiger partial charge in [0.1, 0.15) is 0 Å². The number of pyridine rings is 1. The number of likely N-dealkylation sites (tertiary alicyclic amines) is 1. The van der Waals surface area contributed by atoms with E-state index in [2.05, 4.69) is 4.98 Å². The molecule has 1 aliphatic rings.